The van der Waals surface area contributed by atoms with E-state index >= 15 is 0 Å². The minimum atomic E-state index is -3.80. The maximum absolute atomic E-state index is 11.6. The predicted molar refractivity (Wildman–Crippen MR) is 76.9 cm³/mol. The summed E-state index contributed by atoms with van der Waals surface area (Å²) in [4.78, 5) is 21.2. The Balaban J connectivity index is 3.29. The molecule has 0 amide bonds. The first kappa shape index (κ1) is 17.4. The summed E-state index contributed by atoms with van der Waals surface area (Å²) in [6, 6.07) is 3.37. The highest BCUT2D eigenvalue weighted by Gasteiger charge is 2.25. The summed E-state index contributed by atoms with van der Waals surface area (Å²) in [5.41, 5.74) is -0.434. The van der Waals surface area contributed by atoms with Crippen molar-refractivity contribution in [1.82, 2.24) is 4.72 Å². The summed E-state index contributed by atoms with van der Waals surface area (Å²) in [7, 11) is -2.61. The van der Waals surface area contributed by atoms with E-state index in [1.165, 1.54) is 19.2 Å². The molecule has 1 aromatic rings. The van der Waals surface area contributed by atoms with Gasteiger partial charge in [-0.2, -0.15) is 0 Å². The van der Waals surface area contributed by atoms with Crippen molar-refractivity contribution in [1.29, 1.82) is 0 Å². The molecule has 0 bridgehead atoms. The SMILES string of the molecule is CCC(Sc1ccc(S(=O)(=O)NC)cc1[N+](=O)[O-])C(=O)O. The number of hydrogen-bond acceptors (Lipinski definition) is 6. The summed E-state index contributed by atoms with van der Waals surface area (Å²) in [6.07, 6.45) is 0.285. The van der Waals surface area contributed by atoms with Gasteiger partial charge in [0.15, 0.2) is 0 Å². The van der Waals surface area contributed by atoms with Crippen LogP contribution in [0.5, 0.6) is 0 Å². The highest BCUT2D eigenvalue weighted by molar-refractivity contribution is 8.00. The van der Waals surface area contributed by atoms with Gasteiger partial charge in [-0.05, 0) is 25.6 Å². The molecular formula is C11H14N2O6S2. The lowest BCUT2D eigenvalue weighted by atomic mass is 10.3. The number of nitrogens with zero attached hydrogens (tertiary/aromatic N) is 1. The zero-order valence-corrected chi connectivity index (χ0v) is 12.9. The van der Waals surface area contributed by atoms with E-state index in [4.69, 9.17) is 5.11 Å². The molecule has 1 atom stereocenters. The van der Waals surface area contributed by atoms with E-state index in [1.807, 2.05) is 0 Å². The van der Waals surface area contributed by atoms with Crippen molar-refractivity contribution in [3.63, 3.8) is 0 Å². The van der Waals surface area contributed by atoms with Gasteiger partial charge in [0.2, 0.25) is 10.0 Å². The number of carbonyl (C=O) groups is 1. The number of hydrogen-bond donors (Lipinski definition) is 2. The van der Waals surface area contributed by atoms with Gasteiger partial charge in [0, 0.05) is 6.07 Å². The Hall–Kier alpha value is -1.65. The number of carboxylic acid groups (broad SMARTS) is 1. The van der Waals surface area contributed by atoms with Crippen LogP contribution in [0, 0.1) is 10.1 Å². The van der Waals surface area contributed by atoms with Gasteiger partial charge in [0.05, 0.1) is 14.7 Å². The number of nitro groups is 1. The summed E-state index contributed by atoms with van der Waals surface area (Å²) in [5, 5.41) is 19.2. The minimum absolute atomic E-state index is 0.115. The van der Waals surface area contributed by atoms with Gasteiger partial charge in [-0.3, -0.25) is 14.9 Å². The summed E-state index contributed by atoms with van der Waals surface area (Å²) in [5.74, 6) is -1.08. The molecule has 0 aromatic heterocycles. The van der Waals surface area contributed by atoms with Crippen LogP contribution < -0.4 is 4.72 Å². The number of aliphatic carboxylic acids is 1. The average molecular weight is 334 g/mol. The first-order chi connectivity index (χ1) is 9.72. The molecule has 10 heteroatoms. The topological polar surface area (TPSA) is 127 Å². The molecule has 0 fully saturated rings. The number of rotatable bonds is 7. The zero-order chi connectivity index (χ0) is 16.2. The average Bonchev–Trinajstić information content (AvgIpc) is 2.43. The fraction of sp³-hybridized carbons (Fsp3) is 0.364. The molecule has 0 heterocycles. The first-order valence-electron chi connectivity index (χ1n) is 5.84. The van der Waals surface area contributed by atoms with E-state index < -0.39 is 31.9 Å². The van der Waals surface area contributed by atoms with E-state index in [0.717, 1.165) is 17.8 Å². The van der Waals surface area contributed by atoms with Crippen molar-refractivity contribution < 1.29 is 23.2 Å². The molecule has 21 heavy (non-hydrogen) atoms. The van der Waals surface area contributed by atoms with Crippen molar-refractivity contribution in [2.75, 3.05) is 7.05 Å². The van der Waals surface area contributed by atoms with Gasteiger partial charge >= 0.3 is 5.97 Å². The van der Waals surface area contributed by atoms with E-state index in [1.54, 1.807) is 6.92 Å². The van der Waals surface area contributed by atoms with Crippen molar-refractivity contribution in [3.8, 4) is 0 Å². The van der Waals surface area contributed by atoms with E-state index in [9.17, 15) is 23.3 Å². The first-order valence-corrected chi connectivity index (χ1v) is 8.20. The van der Waals surface area contributed by atoms with Crippen LogP contribution in [-0.4, -0.2) is 36.7 Å². The third-order valence-electron chi connectivity index (χ3n) is 2.62. The molecule has 1 rings (SSSR count). The van der Waals surface area contributed by atoms with Crippen LogP contribution in [0.4, 0.5) is 5.69 Å². The van der Waals surface area contributed by atoms with Gasteiger partial charge in [-0.15, -0.1) is 11.8 Å². The Kier molecular flexibility index (Phi) is 5.70. The molecule has 2 N–H and O–H groups in total. The molecule has 116 valence electrons. The molecule has 0 spiro atoms. The zero-order valence-electron chi connectivity index (χ0n) is 11.3. The molecule has 0 saturated carbocycles. The summed E-state index contributed by atoms with van der Waals surface area (Å²) in [6.45, 7) is 1.65. The van der Waals surface area contributed by atoms with E-state index in [0.29, 0.717) is 0 Å². The number of nitro benzene ring substituents is 1. The maximum atomic E-state index is 11.6. The third kappa shape index (κ3) is 4.16. The van der Waals surface area contributed by atoms with Crippen molar-refractivity contribution in [2.24, 2.45) is 0 Å². The number of carboxylic acids is 1. The molecule has 1 aromatic carbocycles. The van der Waals surface area contributed by atoms with Crippen molar-refractivity contribution in [2.45, 2.75) is 28.4 Å². The minimum Gasteiger partial charge on any atom is -0.480 e. The number of nitrogens with one attached hydrogen (secondary N) is 1. The van der Waals surface area contributed by atoms with Crippen LogP contribution in [0.2, 0.25) is 0 Å². The lowest BCUT2D eigenvalue weighted by Crippen LogP contribution is -2.19. The molecule has 0 aliphatic carbocycles. The molecule has 0 radical (unpaired) electrons. The number of benzene rings is 1. The Morgan fingerprint density at radius 2 is 2.14 bits per heavy atom. The lowest BCUT2D eigenvalue weighted by Gasteiger charge is -2.10. The van der Waals surface area contributed by atoms with Crippen LogP contribution >= 0.6 is 11.8 Å². The fourth-order valence-corrected chi connectivity index (χ4v) is 3.21. The standard InChI is InChI=1S/C11H14N2O6S2/c1-3-9(11(14)15)20-10-5-4-7(21(18,19)12-2)6-8(10)13(16)17/h4-6,9,12H,3H2,1-2H3,(H,14,15). The Bertz CT molecular complexity index is 659. The Morgan fingerprint density at radius 3 is 2.57 bits per heavy atom. The van der Waals surface area contributed by atoms with Crippen molar-refractivity contribution in [3.05, 3.63) is 28.3 Å². The highest BCUT2D eigenvalue weighted by atomic mass is 32.2. The molecule has 1 unspecified atom stereocenters. The fourth-order valence-electron chi connectivity index (χ4n) is 1.49. The van der Waals surface area contributed by atoms with Gasteiger partial charge in [-0.25, -0.2) is 13.1 Å². The second-order valence-corrected chi connectivity index (χ2v) is 7.08. The van der Waals surface area contributed by atoms with Crippen LogP contribution in [0.25, 0.3) is 0 Å². The monoisotopic (exact) mass is 334 g/mol. The maximum Gasteiger partial charge on any atom is 0.316 e. The molecule has 0 saturated heterocycles. The predicted octanol–water partition coefficient (Wildman–Crippen LogP) is 1.46. The van der Waals surface area contributed by atoms with Crippen LogP contribution in [0.3, 0.4) is 0 Å². The Labute approximate surface area is 125 Å². The molecule has 0 aliphatic rings. The van der Waals surface area contributed by atoms with Crippen LogP contribution in [-0.2, 0) is 14.8 Å². The normalized spacial score (nSPS) is 12.9. The third-order valence-corrected chi connectivity index (χ3v) is 5.45. The van der Waals surface area contributed by atoms with E-state index in [-0.39, 0.29) is 16.2 Å². The van der Waals surface area contributed by atoms with E-state index in [2.05, 4.69) is 4.72 Å². The largest absolute Gasteiger partial charge is 0.480 e. The quantitative estimate of drug-likeness (QED) is 0.439. The van der Waals surface area contributed by atoms with Gasteiger partial charge < -0.3 is 5.11 Å². The smallest absolute Gasteiger partial charge is 0.316 e. The Morgan fingerprint density at radius 1 is 1.52 bits per heavy atom. The molecule has 8 nitrogen and oxygen atoms in total. The highest BCUT2D eigenvalue weighted by Crippen LogP contribution is 2.35. The second kappa shape index (κ2) is 6.87. The lowest BCUT2D eigenvalue weighted by molar-refractivity contribution is -0.388. The van der Waals surface area contributed by atoms with Crippen molar-refractivity contribution >= 4 is 33.4 Å². The number of sulfonamides is 1. The molecule has 0 aliphatic heterocycles. The van der Waals surface area contributed by atoms with Crippen LogP contribution in [0.15, 0.2) is 28.0 Å². The number of thioether (sulfide) groups is 1. The summed E-state index contributed by atoms with van der Waals surface area (Å²) >= 11 is 0.822. The van der Waals surface area contributed by atoms with Gasteiger partial charge in [0.1, 0.15) is 5.25 Å². The van der Waals surface area contributed by atoms with Crippen LogP contribution in [0.1, 0.15) is 13.3 Å². The second-order valence-electron chi connectivity index (χ2n) is 3.95. The summed E-state index contributed by atoms with van der Waals surface area (Å²) < 4.78 is 25.3. The van der Waals surface area contributed by atoms with Gasteiger partial charge in [-0.1, -0.05) is 6.92 Å². The van der Waals surface area contributed by atoms with Gasteiger partial charge in [0.25, 0.3) is 5.69 Å². The molecular weight excluding hydrogens is 320 g/mol.